The van der Waals surface area contributed by atoms with Gasteiger partial charge in [-0.1, -0.05) is 33.1 Å². The molecule has 84 valence electrons. The fraction of sp³-hybridized carbons (Fsp3) is 0.750. The molecule has 0 spiro atoms. The van der Waals surface area contributed by atoms with Gasteiger partial charge in [-0.15, -0.1) is 0 Å². The van der Waals surface area contributed by atoms with E-state index in [1.807, 2.05) is 0 Å². The zero-order valence-corrected chi connectivity index (χ0v) is 9.71. The van der Waals surface area contributed by atoms with Gasteiger partial charge in [0.15, 0.2) is 0 Å². The number of hydrogen-bond acceptors (Lipinski definition) is 2. The molecule has 2 rings (SSSR count). The predicted octanol–water partition coefficient (Wildman–Crippen LogP) is 2.85. The number of nitrogens with zero attached hydrogens (tertiary/aromatic N) is 1. The third kappa shape index (κ3) is 1.87. The molecule has 15 heavy (non-hydrogen) atoms. The van der Waals surface area contributed by atoms with E-state index in [1.165, 1.54) is 30.5 Å². The van der Waals surface area contributed by atoms with Crippen LogP contribution in [0.15, 0.2) is 0 Å². The number of H-pyrrole nitrogens is 1. The highest BCUT2D eigenvalue weighted by molar-refractivity contribution is 5.43. The van der Waals surface area contributed by atoms with Crippen molar-refractivity contribution in [2.45, 2.75) is 51.9 Å². The Morgan fingerprint density at radius 2 is 2.27 bits per heavy atom. The summed E-state index contributed by atoms with van der Waals surface area (Å²) < 4.78 is 0. The lowest BCUT2D eigenvalue weighted by molar-refractivity contribution is 0.517. The van der Waals surface area contributed by atoms with E-state index in [1.54, 1.807) is 0 Å². The Kier molecular flexibility index (Phi) is 2.98. The second-order valence-electron chi connectivity index (χ2n) is 4.77. The molecule has 2 unspecified atom stereocenters. The summed E-state index contributed by atoms with van der Waals surface area (Å²) in [5.41, 5.74) is 8.49. The van der Waals surface area contributed by atoms with Gasteiger partial charge in [-0.25, -0.2) is 0 Å². The first-order valence-corrected chi connectivity index (χ1v) is 6.06. The average molecular weight is 207 g/mol. The quantitative estimate of drug-likeness (QED) is 0.800. The molecular formula is C12H21N3. The molecule has 1 aromatic heterocycles. The van der Waals surface area contributed by atoms with Gasteiger partial charge in [0.1, 0.15) is 5.82 Å². The van der Waals surface area contributed by atoms with Crippen molar-refractivity contribution < 1.29 is 0 Å². The molecule has 1 aliphatic carbocycles. The number of nitrogen functional groups attached to an aromatic ring is 1. The van der Waals surface area contributed by atoms with Gasteiger partial charge in [0.05, 0.1) is 0 Å². The van der Waals surface area contributed by atoms with E-state index in [4.69, 9.17) is 5.73 Å². The van der Waals surface area contributed by atoms with Crippen molar-refractivity contribution in [1.29, 1.82) is 0 Å². The maximum atomic E-state index is 5.90. The van der Waals surface area contributed by atoms with E-state index in [9.17, 15) is 0 Å². The summed E-state index contributed by atoms with van der Waals surface area (Å²) in [6.45, 7) is 4.53. The molecule has 1 fully saturated rings. The van der Waals surface area contributed by atoms with Gasteiger partial charge in [0, 0.05) is 17.2 Å². The lowest BCUT2D eigenvalue weighted by Crippen LogP contribution is -2.06. The van der Waals surface area contributed by atoms with E-state index in [0.29, 0.717) is 11.7 Å². The van der Waals surface area contributed by atoms with Crippen LogP contribution < -0.4 is 5.73 Å². The van der Waals surface area contributed by atoms with Crippen LogP contribution in [0, 0.1) is 5.92 Å². The number of rotatable bonds is 3. The first-order chi connectivity index (χ1) is 7.24. The highest BCUT2D eigenvalue weighted by Crippen LogP contribution is 2.40. The maximum absolute atomic E-state index is 5.90. The number of anilines is 1. The van der Waals surface area contributed by atoms with E-state index < -0.39 is 0 Å². The number of hydrogen-bond donors (Lipinski definition) is 2. The number of nitrogens with one attached hydrogen (secondary N) is 1. The summed E-state index contributed by atoms with van der Waals surface area (Å²) in [5.74, 6) is 2.16. The summed E-state index contributed by atoms with van der Waals surface area (Å²) in [7, 11) is 0. The first kappa shape index (κ1) is 10.5. The molecule has 0 amide bonds. The fourth-order valence-corrected chi connectivity index (χ4v) is 2.79. The Hall–Kier alpha value is -0.990. The molecule has 1 heterocycles. The third-order valence-corrected chi connectivity index (χ3v) is 3.66. The zero-order chi connectivity index (χ0) is 10.8. The van der Waals surface area contributed by atoms with E-state index in [2.05, 4.69) is 24.0 Å². The Morgan fingerprint density at radius 3 is 2.87 bits per heavy atom. The minimum atomic E-state index is 0.663. The third-order valence-electron chi connectivity index (χ3n) is 3.66. The van der Waals surface area contributed by atoms with Crippen LogP contribution in [0.4, 0.5) is 5.82 Å². The molecular weight excluding hydrogens is 186 g/mol. The summed E-state index contributed by atoms with van der Waals surface area (Å²) in [5, 5.41) is 7.32. The molecule has 0 aliphatic heterocycles. The van der Waals surface area contributed by atoms with Crippen LogP contribution in [0.2, 0.25) is 0 Å². The van der Waals surface area contributed by atoms with Gasteiger partial charge >= 0.3 is 0 Å². The van der Waals surface area contributed by atoms with Gasteiger partial charge in [-0.2, -0.15) is 5.10 Å². The second kappa shape index (κ2) is 4.25. The summed E-state index contributed by atoms with van der Waals surface area (Å²) in [4.78, 5) is 0. The fourth-order valence-electron chi connectivity index (χ4n) is 2.79. The van der Waals surface area contributed by atoms with Crippen molar-refractivity contribution in [2.24, 2.45) is 5.92 Å². The minimum Gasteiger partial charge on any atom is -0.382 e. The largest absolute Gasteiger partial charge is 0.382 e. The van der Waals surface area contributed by atoms with Gasteiger partial charge in [0.25, 0.3) is 0 Å². The van der Waals surface area contributed by atoms with Crippen LogP contribution in [-0.4, -0.2) is 10.2 Å². The molecule has 0 saturated heterocycles. The second-order valence-corrected chi connectivity index (χ2v) is 4.77. The number of nitrogens with two attached hydrogens (primary N) is 1. The van der Waals surface area contributed by atoms with Gasteiger partial charge in [-0.3, -0.25) is 5.10 Å². The number of aromatic amines is 1. The van der Waals surface area contributed by atoms with Crippen LogP contribution in [0.1, 0.15) is 56.7 Å². The normalized spacial score (nSPS) is 26.0. The lowest BCUT2D eigenvalue weighted by Gasteiger charge is -2.15. The molecule has 0 radical (unpaired) electrons. The molecule has 0 aromatic carbocycles. The standard InChI is InChI=1S/C12H21N3/c1-3-5-10-11(14-15-12(10)13)9-7-4-6-8(9)2/h8-9H,3-7H2,1-2H3,(H3,13,14,15). The van der Waals surface area contributed by atoms with Crippen molar-refractivity contribution in [3.63, 3.8) is 0 Å². The topological polar surface area (TPSA) is 54.7 Å². The zero-order valence-electron chi connectivity index (χ0n) is 9.71. The van der Waals surface area contributed by atoms with Crippen LogP contribution in [0.25, 0.3) is 0 Å². The SMILES string of the molecule is CCCc1c(N)n[nH]c1C1CCCC1C. The molecule has 0 bridgehead atoms. The van der Waals surface area contributed by atoms with E-state index in [0.717, 1.165) is 18.8 Å². The van der Waals surface area contributed by atoms with Crippen molar-refractivity contribution in [1.82, 2.24) is 10.2 Å². The smallest absolute Gasteiger partial charge is 0.148 e. The highest BCUT2D eigenvalue weighted by atomic mass is 15.2. The summed E-state index contributed by atoms with van der Waals surface area (Å²) in [6, 6.07) is 0. The van der Waals surface area contributed by atoms with Crippen molar-refractivity contribution >= 4 is 5.82 Å². The Labute approximate surface area is 91.4 Å². The lowest BCUT2D eigenvalue weighted by atomic mass is 9.91. The highest BCUT2D eigenvalue weighted by Gasteiger charge is 2.28. The van der Waals surface area contributed by atoms with Crippen LogP contribution >= 0.6 is 0 Å². The minimum absolute atomic E-state index is 0.663. The molecule has 1 saturated carbocycles. The van der Waals surface area contributed by atoms with Crippen molar-refractivity contribution in [3.05, 3.63) is 11.3 Å². The van der Waals surface area contributed by atoms with Crippen LogP contribution in [0.3, 0.4) is 0 Å². The molecule has 1 aromatic rings. The van der Waals surface area contributed by atoms with Gasteiger partial charge in [0.2, 0.25) is 0 Å². The number of aromatic nitrogens is 2. The van der Waals surface area contributed by atoms with Crippen LogP contribution in [0.5, 0.6) is 0 Å². The molecule has 3 heteroatoms. The maximum Gasteiger partial charge on any atom is 0.148 e. The first-order valence-electron chi connectivity index (χ1n) is 6.06. The summed E-state index contributed by atoms with van der Waals surface area (Å²) in [6.07, 6.45) is 6.17. The van der Waals surface area contributed by atoms with Crippen LogP contribution in [-0.2, 0) is 6.42 Å². The summed E-state index contributed by atoms with van der Waals surface area (Å²) >= 11 is 0. The van der Waals surface area contributed by atoms with Crippen molar-refractivity contribution in [2.75, 3.05) is 5.73 Å². The van der Waals surface area contributed by atoms with Gasteiger partial charge in [-0.05, 0) is 18.8 Å². The monoisotopic (exact) mass is 207 g/mol. The van der Waals surface area contributed by atoms with E-state index in [-0.39, 0.29) is 0 Å². The molecule has 3 N–H and O–H groups in total. The average Bonchev–Trinajstić information content (AvgIpc) is 2.76. The Morgan fingerprint density at radius 1 is 1.47 bits per heavy atom. The molecule has 1 aliphatic rings. The van der Waals surface area contributed by atoms with Crippen molar-refractivity contribution in [3.8, 4) is 0 Å². The Balaban J connectivity index is 2.26. The Bertz CT molecular complexity index is 330. The predicted molar refractivity (Wildman–Crippen MR) is 62.8 cm³/mol. The van der Waals surface area contributed by atoms with Gasteiger partial charge < -0.3 is 5.73 Å². The van der Waals surface area contributed by atoms with E-state index >= 15 is 0 Å². The molecule has 2 atom stereocenters. The molecule has 3 nitrogen and oxygen atoms in total.